The maximum absolute atomic E-state index is 11.7. The van der Waals surface area contributed by atoms with Gasteiger partial charge in [0.15, 0.2) is 29.3 Å². The normalized spacial score (nSPS) is 32.7. The van der Waals surface area contributed by atoms with Gasteiger partial charge < -0.3 is 18.9 Å². The zero-order chi connectivity index (χ0) is 21.3. The molecule has 0 N–H and O–H groups in total. The second kappa shape index (κ2) is 8.17. The molecular weight excluding hydrogens is 431 g/mol. The number of hydrogen-bond acceptors (Lipinski definition) is 11. The number of carbonyl (C=O) groups excluding carboxylic acids is 3. The molecule has 0 saturated carbocycles. The Morgan fingerprint density at radius 3 is 2.38 bits per heavy atom. The fourth-order valence-electron chi connectivity index (χ4n) is 2.99. The van der Waals surface area contributed by atoms with Crippen molar-refractivity contribution in [1.29, 1.82) is 0 Å². The second-order valence-electron chi connectivity index (χ2n) is 6.24. The maximum Gasteiger partial charge on any atom is 0.303 e. The van der Waals surface area contributed by atoms with E-state index in [9.17, 15) is 14.4 Å². The summed E-state index contributed by atoms with van der Waals surface area (Å²) in [7, 11) is 0. The van der Waals surface area contributed by atoms with Gasteiger partial charge in [0.25, 0.3) is 5.12 Å². The quantitative estimate of drug-likeness (QED) is 0.261. The molecule has 0 aromatic carbocycles. The summed E-state index contributed by atoms with van der Waals surface area (Å²) in [5.74, 6) is -1.81. The Hall–Kier alpha value is -2.37. The SMILES string of the molecule is CC(=O)OC[C@H]1O[C@@H](C2(Cl)N=C(Cl)C3=NC=NC3=N2)[C@H](OC(C)=O)[C@H]1OC(C)=O. The van der Waals surface area contributed by atoms with Gasteiger partial charge in [-0.2, -0.15) is 0 Å². The van der Waals surface area contributed by atoms with E-state index in [-0.39, 0.29) is 23.3 Å². The third kappa shape index (κ3) is 4.46. The first kappa shape index (κ1) is 21.3. The number of amidine groups is 1. The van der Waals surface area contributed by atoms with Gasteiger partial charge in [-0.15, -0.1) is 0 Å². The Balaban J connectivity index is 1.98. The average molecular weight is 447 g/mol. The third-order valence-electron chi connectivity index (χ3n) is 4.02. The molecule has 3 heterocycles. The van der Waals surface area contributed by atoms with E-state index >= 15 is 0 Å². The fraction of sp³-hybridized carbons (Fsp3) is 0.562. The predicted octanol–water partition coefficient (Wildman–Crippen LogP) is 0.605. The van der Waals surface area contributed by atoms with Crippen LogP contribution < -0.4 is 0 Å². The van der Waals surface area contributed by atoms with E-state index in [0.29, 0.717) is 0 Å². The summed E-state index contributed by atoms with van der Waals surface area (Å²) in [6, 6.07) is 0. The Bertz CT molecular complexity index is 871. The summed E-state index contributed by atoms with van der Waals surface area (Å²) < 4.78 is 21.4. The molecule has 1 fully saturated rings. The predicted molar refractivity (Wildman–Crippen MR) is 102 cm³/mol. The molecule has 29 heavy (non-hydrogen) atoms. The van der Waals surface area contributed by atoms with Gasteiger partial charge in [-0.05, 0) is 0 Å². The van der Waals surface area contributed by atoms with Crippen LogP contribution in [0.5, 0.6) is 0 Å². The number of alkyl halides is 1. The molecule has 0 aliphatic carbocycles. The molecule has 3 aliphatic heterocycles. The van der Waals surface area contributed by atoms with Crippen molar-refractivity contribution in [2.45, 2.75) is 50.3 Å². The first-order valence-electron chi connectivity index (χ1n) is 8.39. The lowest BCUT2D eigenvalue weighted by molar-refractivity contribution is -0.165. The number of carbonyl (C=O) groups is 3. The lowest BCUT2D eigenvalue weighted by Crippen LogP contribution is -2.49. The molecule has 3 aliphatic rings. The van der Waals surface area contributed by atoms with Crippen LogP contribution in [0.15, 0.2) is 20.0 Å². The molecule has 156 valence electrons. The molecule has 0 aromatic rings. The number of nitrogens with zero attached hydrogens (tertiary/aromatic N) is 4. The van der Waals surface area contributed by atoms with E-state index in [4.69, 9.17) is 42.1 Å². The van der Waals surface area contributed by atoms with Crippen LogP contribution in [0.25, 0.3) is 0 Å². The van der Waals surface area contributed by atoms with Crippen molar-refractivity contribution in [1.82, 2.24) is 0 Å². The molecule has 11 nitrogen and oxygen atoms in total. The Kier molecular flexibility index (Phi) is 6.01. The minimum Gasteiger partial charge on any atom is -0.463 e. The Labute approximate surface area is 174 Å². The summed E-state index contributed by atoms with van der Waals surface area (Å²) in [5, 5.41) is -1.96. The highest BCUT2D eigenvalue weighted by molar-refractivity contribution is 6.94. The van der Waals surface area contributed by atoms with Crippen LogP contribution >= 0.6 is 23.2 Å². The minimum atomic E-state index is -1.89. The van der Waals surface area contributed by atoms with Gasteiger partial charge >= 0.3 is 17.9 Å². The molecule has 0 aromatic heterocycles. The van der Waals surface area contributed by atoms with E-state index in [1.807, 2.05) is 0 Å². The average Bonchev–Trinajstić information content (AvgIpc) is 3.18. The lowest BCUT2D eigenvalue weighted by atomic mass is 10.0. The minimum absolute atomic E-state index is 0.0693. The van der Waals surface area contributed by atoms with Crippen molar-refractivity contribution < 1.29 is 33.3 Å². The van der Waals surface area contributed by atoms with Crippen LogP contribution in [0, 0.1) is 0 Å². The molecule has 5 atom stereocenters. The van der Waals surface area contributed by atoms with Gasteiger partial charge in [0.05, 0.1) is 0 Å². The zero-order valence-electron chi connectivity index (χ0n) is 15.5. The summed E-state index contributed by atoms with van der Waals surface area (Å²) in [5.41, 5.74) is 0.234. The second-order valence-corrected chi connectivity index (χ2v) is 7.16. The third-order valence-corrected chi connectivity index (χ3v) is 4.67. The van der Waals surface area contributed by atoms with Gasteiger partial charge in [0.1, 0.15) is 24.8 Å². The van der Waals surface area contributed by atoms with E-state index < -0.39 is 47.4 Å². The standard InChI is InChI=1S/C16H16Cl2N4O7/c1-6(23)26-4-9-11(27-7(2)24)12(28-8(3)25)13(29-9)16(18)21-14(17)10-15(22-16)20-5-19-10/h5,9,11-13H,4H2,1-3H3/t9-,11+,12-,13-,16?/m1/s1. The molecule has 3 rings (SSSR count). The smallest absolute Gasteiger partial charge is 0.303 e. The zero-order valence-corrected chi connectivity index (χ0v) is 17.0. The number of ether oxygens (including phenoxy) is 4. The van der Waals surface area contributed by atoms with Gasteiger partial charge in [0, 0.05) is 20.8 Å². The van der Waals surface area contributed by atoms with Gasteiger partial charge in [-0.1, -0.05) is 23.2 Å². The van der Waals surface area contributed by atoms with Crippen molar-refractivity contribution >= 4 is 64.2 Å². The molecule has 0 amide bonds. The molecule has 1 saturated heterocycles. The van der Waals surface area contributed by atoms with Crippen LogP contribution in [0.4, 0.5) is 0 Å². The number of hydrogen-bond donors (Lipinski definition) is 0. The summed E-state index contributed by atoms with van der Waals surface area (Å²) in [6.45, 7) is 3.25. The summed E-state index contributed by atoms with van der Waals surface area (Å²) in [6.07, 6.45) is -3.34. The Morgan fingerprint density at radius 1 is 1.10 bits per heavy atom. The number of fused-ring (bicyclic) bond motifs is 1. The summed E-state index contributed by atoms with van der Waals surface area (Å²) in [4.78, 5) is 50.8. The highest BCUT2D eigenvalue weighted by atomic mass is 35.5. The molecule has 13 heteroatoms. The maximum atomic E-state index is 11.7. The first-order valence-corrected chi connectivity index (χ1v) is 9.15. The highest BCUT2D eigenvalue weighted by Crippen LogP contribution is 2.40. The first-order chi connectivity index (χ1) is 13.6. The van der Waals surface area contributed by atoms with Crippen molar-refractivity contribution in [2.24, 2.45) is 20.0 Å². The number of halogens is 2. The van der Waals surface area contributed by atoms with Crippen molar-refractivity contribution in [3.8, 4) is 0 Å². The van der Waals surface area contributed by atoms with Crippen LogP contribution in [-0.4, -0.2) is 77.1 Å². The highest BCUT2D eigenvalue weighted by Gasteiger charge is 2.59. The van der Waals surface area contributed by atoms with Crippen LogP contribution in [-0.2, 0) is 33.3 Å². The van der Waals surface area contributed by atoms with Crippen molar-refractivity contribution in [3.05, 3.63) is 0 Å². The molecular formula is C16H16Cl2N4O7. The van der Waals surface area contributed by atoms with Gasteiger partial charge in [0.2, 0.25) is 0 Å². The topological polar surface area (TPSA) is 138 Å². The monoisotopic (exact) mass is 446 g/mol. The largest absolute Gasteiger partial charge is 0.463 e. The molecule has 0 bridgehead atoms. The number of rotatable bonds is 5. The van der Waals surface area contributed by atoms with Gasteiger partial charge in [-0.25, -0.2) is 20.0 Å². The fourth-order valence-corrected chi connectivity index (χ4v) is 3.64. The van der Waals surface area contributed by atoms with E-state index in [0.717, 1.165) is 6.92 Å². The van der Waals surface area contributed by atoms with E-state index in [2.05, 4.69) is 20.0 Å². The number of aliphatic imine (C=N–C) groups is 4. The van der Waals surface area contributed by atoms with E-state index in [1.54, 1.807) is 0 Å². The molecule has 0 spiro atoms. The molecule has 0 radical (unpaired) electrons. The van der Waals surface area contributed by atoms with Crippen LogP contribution in [0.1, 0.15) is 20.8 Å². The van der Waals surface area contributed by atoms with E-state index in [1.165, 1.54) is 20.2 Å². The van der Waals surface area contributed by atoms with Crippen molar-refractivity contribution in [2.75, 3.05) is 6.61 Å². The van der Waals surface area contributed by atoms with Crippen LogP contribution in [0.3, 0.4) is 0 Å². The summed E-state index contributed by atoms with van der Waals surface area (Å²) >= 11 is 12.7. The molecule has 1 unspecified atom stereocenters. The van der Waals surface area contributed by atoms with Gasteiger partial charge in [-0.3, -0.25) is 14.4 Å². The van der Waals surface area contributed by atoms with Crippen LogP contribution in [0.2, 0.25) is 0 Å². The number of esters is 3. The lowest BCUT2D eigenvalue weighted by Gasteiger charge is -2.31. The van der Waals surface area contributed by atoms with Crippen molar-refractivity contribution in [3.63, 3.8) is 0 Å². The Morgan fingerprint density at radius 2 is 1.76 bits per heavy atom.